The zero-order chi connectivity index (χ0) is 17.6. The highest BCUT2D eigenvalue weighted by molar-refractivity contribution is 5.74. The Kier molecular flexibility index (Phi) is 5.50. The van der Waals surface area contributed by atoms with Crippen LogP contribution in [-0.4, -0.2) is 30.4 Å². The molecule has 25 heavy (non-hydrogen) atoms. The number of halogens is 1. The molecule has 132 valence electrons. The second kappa shape index (κ2) is 7.98. The van der Waals surface area contributed by atoms with E-state index in [1.54, 1.807) is 0 Å². The van der Waals surface area contributed by atoms with E-state index in [1.165, 1.54) is 29.8 Å². The zero-order valence-corrected chi connectivity index (χ0v) is 13.7. The number of aryl methyl sites for hydroxylation is 1. The lowest BCUT2D eigenvalue weighted by atomic mass is 10.1. The molecule has 2 amide bonds. The quantitative estimate of drug-likeness (QED) is 0.754. The van der Waals surface area contributed by atoms with Crippen LogP contribution in [0.3, 0.4) is 0 Å². The molecule has 1 aliphatic rings. The predicted molar refractivity (Wildman–Crippen MR) is 91.9 cm³/mol. The van der Waals surface area contributed by atoms with E-state index in [4.69, 9.17) is 4.74 Å². The van der Waals surface area contributed by atoms with Gasteiger partial charge in [-0.2, -0.15) is 0 Å². The minimum Gasteiger partial charge on any atom is -0.491 e. The van der Waals surface area contributed by atoms with E-state index in [-0.39, 0.29) is 31.0 Å². The van der Waals surface area contributed by atoms with Gasteiger partial charge >= 0.3 is 6.03 Å². The highest BCUT2D eigenvalue weighted by Gasteiger charge is 2.23. The third-order valence-electron chi connectivity index (χ3n) is 4.19. The molecular weight excluding hydrogens is 323 g/mol. The van der Waals surface area contributed by atoms with Gasteiger partial charge in [0.2, 0.25) is 0 Å². The van der Waals surface area contributed by atoms with Gasteiger partial charge in [0, 0.05) is 6.54 Å². The number of ether oxygens (including phenoxy) is 1. The Hall–Kier alpha value is -2.60. The number of carbonyl (C=O) groups excluding carboxylic acids is 1. The third kappa shape index (κ3) is 4.70. The third-order valence-corrected chi connectivity index (χ3v) is 4.19. The monoisotopic (exact) mass is 344 g/mol. The van der Waals surface area contributed by atoms with Crippen molar-refractivity contribution >= 4 is 6.03 Å². The number of aliphatic hydroxyl groups is 1. The second-order valence-corrected chi connectivity index (χ2v) is 6.06. The number of urea groups is 1. The van der Waals surface area contributed by atoms with Crippen LogP contribution >= 0.6 is 0 Å². The smallest absolute Gasteiger partial charge is 0.315 e. The summed E-state index contributed by atoms with van der Waals surface area (Å²) in [5.41, 5.74) is 2.42. The van der Waals surface area contributed by atoms with Crippen LogP contribution in [0.25, 0.3) is 0 Å². The maximum absolute atomic E-state index is 12.8. The Bertz CT molecular complexity index is 721. The van der Waals surface area contributed by atoms with E-state index in [1.807, 2.05) is 18.2 Å². The van der Waals surface area contributed by atoms with Gasteiger partial charge in [-0.05, 0) is 48.2 Å². The molecule has 0 aliphatic heterocycles. The van der Waals surface area contributed by atoms with E-state index >= 15 is 0 Å². The normalized spacial score (nSPS) is 16.8. The fourth-order valence-electron chi connectivity index (χ4n) is 2.91. The van der Waals surface area contributed by atoms with Gasteiger partial charge in [-0.1, -0.05) is 24.3 Å². The average Bonchev–Trinajstić information content (AvgIpc) is 3.02. The van der Waals surface area contributed by atoms with Crippen LogP contribution in [0.1, 0.15) is 23.6 Å². The minimum atomic E-state index is -0.855. The van der Waals surface area contributed by atoms with E-state index < -0.39 is 6.10 Å². The van der Waals surface area contributed by atoms with E-state index in [9.17, 15) is 14.3 Å². The number of hydrogen-bond acceptors (Lipinski definition) is 3. The molecule has 5 nitrogen and oxygen atoms in total. The summed E-state index contributed by atoms with van der Waals surface area (Å²) in [4.78, 5) is 12.0. The predicted octanol–water partition coefficient (Wildman–Crippen LogP) is 2.55. The summed E-state index contributed by atoms with van der Waals surface area (Å²) in [6.45, 7) is 0.0829. The second-order valence-electron chi connectivity index (χ2n) is 6.06. The SMILES string of the molecule is O=C(NCC(O)COc1ccc(F)cc1)NC1CCc2ccccc21. The molecule has 0 heterocycles. The van der Waals surface area contributed by atoms with Gasteiger partial charge in [0.05, 0.1) is 6.04 Å². The number of hydrogen-bond donors (Lipinski definition) is 3. The Labute approximate surface area is 145 Å². The first-order valence-electron chi connectivity index (χ1n) is 8.30. The van der Waals surface area contributed by atoms with Gasteiger partial charge in [0.15, 0.2) is 0 Å². The Morgan fingerprint density at radius 2 is 2.00 bits per heavy atom. The lowest BCUT2D eigenvalue weighted by molar-refractivity contribution is 0.107. The minimum absolute atomic E-state index is 0.00353. The number of aliphatic hydroxyl groups excluding tert-OH is 1. The summed E-state index contributed by atoms with van der Waals surface area (Å²) in [6, 6.07) is 13.3. The highest BCUT2D eigenvalue weighted by atomic mass is 19.1. The summed E-state index contributed by atoms with van der Waals surface area (Å²) in [7, 11) is 0. The van der Waals surface area contributed by atoms with Crippen LogP contribution < -0.4 is 15.4 Å². The lowest BCUT2D eigenvalue weighted by Gasteiger charge is -2.17. The van der Waals surface area contributed by atoms with Crippen LogP contribution in [0.2, 0.25) is 0 Å². The fourth-order valence-corrected chi connectivity index (χ4v) is 2.91. The first kappa shape index (κ1) is 17.2. The number of nitrogens with one attached hydrogen (secondary N) is 2. The van der Waals surface area contributed by atoms with Crippen molar-refractivity contribution in [3.63, 3.8) is 0 Å². The van der Waals surface area contributed by atoms with E-state index in [0.717, 1.165) is 18.4 Å². The van der Waals surface area contributed by atoms with Crippen molar-refractivity contribution in [2.24, 2.45) is 0 Å². The molecule has 0 spiro atoms. The van der Waals surface area contributed by atoms with Crippen LogP contribution in [0.15, 0.2) is 48.5 Å². The molecule has 1 aliphatic carbocycles. The Morgan fingerprint density at radius 1 is 1.24 bits per heavy atom. The van der Waals surface area contributed by atoms with E-state index in [2.05, 4.69) is 16.7 Å². The first-order chi connectivity index (χ1) is 12.1. The summed E-state index contributed by atoms with van der Waals surface area (Å²) >= 11 is 0. The largest absolute Gasteiger partial charge is 0.491 e. The lowest BCUT2D eigenvalue weighted by Crippen LogP contribution is -2.42. The van der Waals surface area contributed by atoms with Crippen molar-refractivity contribution in [3.05, 3.63) is 65.5 Å². The van der Waals surface area contributed by atoms with Crippen molar-refractivity contribution in [1.29, 1.82) is 0 Å². The molecule has 0 saturated heterocycles. The number of benzene rings is 2. The van der Waals surface area contributed by atoms with Crippen LogP contribution in [0, 0.1) is 5.82 Å². The maximum atomic E-state index is 12.8. The number of rotatable bonds is 6. The van der Waals surface area contributed by atoms with Gasteiger partial charge in [0.25, 0.3) is 0 Å². The summed E-state index contributed by atoms with van der Waals surface area (Å²) < 4.78 is 18.1. The molecule has 2 aromatic rings. The van der Waals surface area contributed by atoms with Crippen molar-refractivity contribution in [1.82, 2.24) is 10.6 Å². The molecule has 3 N–H and O–H groups in total. The average molecular weight is 344 g/mol. The summed E-state index contributed by atoms with van der Waals surface area (Å²) in [5.74, 6) is 0.118. The van der Waals surface area contributed by atoms with E-state index in [0.29, 0.717) is 5.75 Å². The molecule has 0 fully saturated rings. The van der Waals surface area contributed by atoms with Gasteiger partial charge in [0.1, 0.15) is 24.3 Å². The van der Waals surface area contributed by atoms with Crippen LogP contribution in [0.5, 0.6) is 5.75 Å². The van der Waals surface area contributed by atoms with Gasteiger partial charge in [-0.15, -0.1) is 0 Å². The molecule has 2 atom stereocenters. The Balaban J connectivity index is 1.39. The molecule has 2 unspecified atom stereocenters. The zero-order valence-electron chi connectivity index (χ0n) is 13.7. The molecule has 0 bridgehead atoms. The molecule has 0 radical (unpaired) electrons. The van der Waals surface area contributed by atoms with Gasteiger partial charge in [-0.3, -0.25) is 0 Å². The first-order valence-corrected chi connectivity index (χ1v) is 8.30. The maximum Gasteiger partial charge on any atom is 0.315 e. The molecule has 3 rings (SSSR count). The fraction of sp³-hybridized carbons (Fsp3) is 0.316. The number of carbonyl (C=O) groups is 1. The highest BCUT2D eigenvalue weighted by Crippen LogP contribution is 2.30. The van der Waals surface area contributed by atoms with Crippen molar-refractivity contribution in [2.75, 3.05) is 13.2 Å². The van der Waals surface area contributed by atoms with Gasteiger partial charge in [-0.25, -0.2) is 9.18 Å². The molecule has 2 aromatic carbocycles. The standard InChI is InChI=1S/C19H21FN2O3/c20-14-6-8-16(9-7-14)25-12-15(23)11-21-19(24)22-18-10-5-13-3-1-2-4-17(13)18/h1-4,6-9,15,18,23H,5,10-12H2,(H2,21,22,24). The van der Waals surface area contributed by atoms with Crippen molar-refractivity contribution < 1.29 is 19.0 Å². The van der Waals surface area contributed by atoms with Crippen LogP contribution in [0.4, 0.5) is 9.18 Å². The summed E-state index contributed by atoms with van der Waals surface area (Å²) in [5, 5.41) is 15.5. The summed E-state index contributed by atoms with van der Waals surface area (Å²) in [6.07, 6.45) is 0.977. The topological polar surface area (TPSA) is 70.6 Å². The molecule has 0 saturated carbocycles. The van der Waals surface area contributed by atoms with Crippen LogP contribution in [-0.2, 0) is 6.42 Å². The number of amides is 2. The number of fused-ring (bicyclic) bond motifs is 1. The van der Waals surface area contributed by atoms with Crippen molar-refractivity contribution in [3.8, 4) is 5.75 Å². The van der Waals surface area contributed by atoms with Crippen molar-refractivity contribution in [2.45, 2.75) is 25.0 Å². The molecular formula is C19H21FN2O3. The van der Waals surface area contributed by atoms with Gasteiger partial charge < -0.3 is 20.5 Å². The Morgan fingerprint density at radius 3 is 2.80 bits per heavy atom. The molecule has 0 aromatic heterocycles. The molecule has 6 heteroatoms.